The van der Waals surface area contributed by atoms with Crippen LogP contribution < -0.4 is 10.1 Å². The second kappa shape index (κ2) is 7.27. The number of nitrogens with zero attached hydrogens (tertiary/aromatic N) is 2. The summed E-state index contributed by atoms with van der Waals surface area (Å²) in [6.07, 6.45) is 2.95. The maximum Gasteiger partial charge on any atom is 0.124 e. The highest BCUT2D eigenvalue weighted by molar-refractivity contribution is 5.42. The van der Waals surface area contributed by atoms with Crippen molar-refractivity contribution in [1.82, 2.24) is 15.1 Å². The molecule has 0 aliphatic rings. The van der Waals surface area contributed by atoms with E-state index in [1.165, 1.54) is 16.8 Å². The normalized spacial score (nSPS) is 12.4. The Labute approximate surface area is 127 Å². The molecule has 2 rings (SSSR count). The fourth-order valence-electron chi connectivity index (χ4n) is 2.59. The number of methoxy groups -OCH3 is 1. The van der Waals surface area contributed by atoms with E-state index in [0.29, 0.717) is 0 Å². The first-order chi connectivity index (χ1) is 10.2. The van der Waals surface area contributed by atoms with Crippen molar-refractivity contribution in [3.63, 3.8) is 0 Å². The molecule has 114 valence electrons. The van der Waals surface area contributed by atoms with E-state index in [9.17, 15) is 0 Å². The summed E-state index contributed by atoms with van der Waals surface area (Å²) in [6, 6.07) is 8.49. The van der Waals surface area contributed by atoms with Crippen LogP contribution in [0.2, 0.25) is 0 Å². The number of hydrogen-bond acceptors (Lipinski definition) is 3. The van der Waals surface area contributed by atoms with Crippen molar-refractivity contribution in [1.29, 1.82) is 0 Å². The number of aromatic nitrogens is 2. The molecular weight excluding hydrogens is 262 g/mol. The second-order valence-electron chi connectivity index (χ2n) is 5.20. The number of benzene rings is 1. The van der Waals surface area contributed by atoms with Crippen molar-refractivity contribution in [2.45, 2.75) is 39.8 Å². The molecule has 0 saturated heterocycles. The van der Waals surface area contributed by atoms with Gasteiger partial charge in [0.05, 0.1) is 18.8 Å². The van der Waals surface area contributed by atoms with Crippen LogP contribution in [0, 0.1) is 6.92 Å². The van der Waals surface area contributed by atoms with Crippen LogP contribution in [0.25, 0.3) is 0 Å². The zero-order chi connectivity index (χ0) is 15.2. The minimum atomic E-state index is 0.0993. The number of nitrogens with one attached hydrogen (secondary N) is 1. The molecule has 1 N–H and O–H groups in total. The second-order valence-corrected chi connectivity index (χ2v) is 5.20. The van der Waals surface area contributed by atoms with E-state index in [2.05, 4.69) is 49.4 Å². The van der Waals surface area contributed by atoms with E-state index in [0.717, 1.165) is 25.3 Å². The fraction of sp³-hybridized carbons (Fsp3) is 0.471. The summed E-state index contributed by atoms with van der Waals surface area (Å²) in [5.41, 5.74) is 3.58. The Balaban J connectivity index is 2.47. The highest BCUT2D eigenvalue weighted by Gasteiger charge is 2.21. The van der Waals surface area contributed by atoms with E-state index in [1.54, 1.807) is 7.11 Å². The number of aryl methyl sites for hydroxylation is 2. The summed E-state index contributed by atoms with van der Waals surface area (Å²) in [4.78, 5) is 0. The SMILES string of the molecule is CCCNC(c1cc(C)ccc1OC)c1ccnn1CC. The molecule has 1 atom stereocenters. The zero-order valence-electron chi connectivity index (χ0n) is 13.4. The smallest absolute Gasteiger partial charge is 0.124 e. The third-order valence-electron chi connectivity index (χ3n) is 3.64. The molecule has 0 aliphatic heterocycles. The lowest BCUT2D eigenvalue weighted by molar-refractivity contribution is 0.401. The van der Waals surface area contributed by atoms with E-state index >= 15 is 0 Å². The minimum absolute atomic E-state index is 0.0993. The summed E-state index contributed by atoms with van der Waals surface area (Å²) in [5.74, 6) is 0.915. The molecule has 0 saturated carbocycles. The zero-order valence-corrected chi connectivity index (χ0v) is 13.4. The van der Waals surface area contributed by atoms with E-state index < -0.39 is 0 Å². The molecule has 4 heteroatoms. The number of hydrogen-bond donors (Lipinski definition) is 1. The molecule has 0 bridgehead atoms. The highest BCUT2D eigenvalue weighted by atomic mass is 16.5. The predicted molar refractivity (Wildman–Crippen MR) is 85.8 cm³/mol. The van der Waals surface area contributed by atoms with Crippen LogP contribution in [0.4, 0.5) is 0 Å². The molecule has 1 aromatic heterocycles. The van der Waals surface area contributed by atoms with Gasteiger partial charge in [-0.1, -0.05) is 24.6 Å². The summed E-state index contributed by atoms with van der Waals surface area (Å²) in [7, 11) is 1.72. The van der Waals surface area contributed by atoms with Crippen LogP contribution in [0.5, 0.6) is 5.75 Å². The average Bonchev–Trinajstić information content (AvgIpc) is 2.96. The highest BCUT2D eigenvalue weighted by Crippen LogP contribution is 2.31. The van der Waals surface area contributed by atoms with Crippen molar-refractivity contribution in [2.75, 3.05) is 13.7 Å². The van der Waals surface area contributed by atoms with Gasteiger partial charge >= 0.3 is 0 Å². The van der Waals surface area contributed by atoms with Crippen LogP contribution in [0.3, 0.4) is 0 Å². The Morgan fingerprint density at radius 3 is 2.76 bits per heavy atom. The van der Waals surface area contributed by atoms with Crippen LogP contribution >= 0.6 is 0 Å². The van der Waals surface area contributed by atoms with Crippen molar-refractivity contribution in [3.05, 3.63) is 47.3 Å². The third-order valence-corrected chi connectivity index (χ3v) is 3.64. The standard InChI is InChI=1S/C17H25N3O/c1-5-10-18-17(15-9-11-19-20(15)6-2)14-12-13(3)7-8-16(14)21-4/h7-9,11-12,17-18H,5-6,10H2,1-4H3. The Morgan fingerprint density at radius 1 is 1.29 bits per heavy atom. The van der Waals surface area contributed by atoms with Gasteiger partial charge in [-0.25, -0.2) is 0 Å². The maximum absolute atomic E-state index is 5.56. The molecule has 0 amide bonds. The molecule has 0 radical (unpaired) electrons. The van der Waals surface area contributed by atoms with Crippen LogP contribution in [0.15, 0.2) is 30.5 Å². The van der Waals surface area contributed by atoms with Gasteiger partial charge in [-0.3, -0.25) is 4.68 Å². The first-order valence-electron chi connectivity index (χ1n) is 7.60. The van der Waals surface area contributed by atoms with Gasteiger partial charge in [-0.05, 0) is 38.9 Å². The average molecular weight is 287 g/mol. The molecule has 1 unspecified atom stereocenters. The van der Waals surface area contributed by atoms with Crippen molar-refractivity contribution >= 4 is 0 Å². The molecule has 21 heavy (non-hydrogen) atoms. The molecule has 1 heterocycles. The summed E-state index contributed by atoms with van der Waals surface area (Å²) in [5, 5.41) is 8.03. The Hall–Kier alpha value is -1.81. The van der Waals surface area contributed by atoms with E-state index in [1.807, 2.05) is 16.9 Å². The quantitative estimate of drug-likeness (QED) is 0.849. The van der Waals surface area contributed by atoms with Gasteiger partial charge in [-0.15, -0.1) is 0 Å². The van der Waals surface area contributed by atoms with E-state index in [-0.39, 0.29) is 6.04 Å². The van der Waals surface area contributed by atoms with E-state index in [4.69, 9.17) is 4.74 Å². The van der Waals surface area contributed by atoms with Crippen molar-refractivity contribution < 1.29 is 4.74 Å². The van der Waals surface area contributed by atoms with Gasteiger partial charge in [0.1, 0.15) is 5.75 Å². The summed E-state index contributed by atoms with van der Waals surface area (Å²) < 4.78 is 7.60. The minimum Gasteiger partial charge on any atom is -0.496 e. The van der Waals surface area contributed by atoms with Crippen molar-refractivity contribution in [3.8, 4) is 5.75 Å². The Morgan fingerprint density at radius 2 is 2.10 bits per heavy atom. The van der Waals surface area contributed by atoms with Gasteiger partial charge in [0.2, 0.25) is 0 Å². The summed E-state index contributed by atoms with van der Waals surface area (Å²) >= 11 is 0. The predicted octanol–water partition coefficient (Wildman–Crippen LogP) is 3.31. The van der Waals surface area contributed by atoms with Gasteiger partial charge < -0.3 is 10.1 Å². The van der Waals surface area contributed by atoms with Crippen LogP contribution in [0.1, 0.15) is 43.1 Å². The molecular formula is C17H25N3O. The first-order valence-corrected chi connectivity index (χ1v) is 7.60. The lowest BCUT2D eigenvalue weighted by Crippen LogP contribution is -2.26. The molecule has 1 aromatic carbocycles. The topological polar surface area (TPSA) is 39.1 Å². The number of rotatable bonds is 7. The molecule has 0 spiro atoms. The largest absolute Gasteiger partial charge is 0.496 e. The molecule has 2 aromatic rings. The maximum atomic E-state index is 5.56. The fourth-order valence-corrected chi connectivity index (χ4v) is 2.59. The van der Waals surface area contributed by atoms with Gasteiger partial charge in [0, 0.05) is 18.3 Å². The van der Waals surface area contributed by atoms with Crippen LogP contribution in [-0.4, -0.2) is 23.4 Å². The van der Waals surface area contributed by atoms with Gasteiger partial charge in [0.15, 0.2) is 0 Å². The Kier molecular flexibility index (Phi) is 5.39. The van der Waals surface area contributed by atoms with Gasteiger partial charge in [0.25, 0.3) is 0 Å². The molecule has 0 fully saturated rings. The van der Waals surface area contributed by atoms with Crippen molar-refractivity contribution in [2.24, 2.45) is 0 Å². The molecule has 0 aliphatic carbocycles. The summed E-state index contributed by atoms with van der Waals surface area (Å²) in [6.45, 7) is 8.21. The Bertz CT molecular complexity index is 577. The first kappa shape index (κ1) is 15.6. The van der Waals surface area contributed by atoms with Gasteiger partial charge in [-0.2, -0.15) is 5.10 Å². The third kappa shape index (κ3) is 3.45. The van der Waals surface area contributed by atoms with Crippen LogP contribution in [-0.2, 0) is 6.54 Å². The lowest BCUT2D eigenvalue weighted by atomic mass is 10.00. The monoisotopic (exact) mass is 287 g/mol. The lowest BCUT2D eigenvalue weighted by Gasteiger charge is -2.22. The number of ether oxygens (including phenoxy) is 1. The molecule has 4 nitrogen and oxygen atoms in total.